The van der Waals surface area contributed by atoms with Gasteiger partial charge in [0.15, 0.2) is 0 Å². The number of nitrogens with zero attached hydrogens (tertiary/aromatic N) is 2. The molecule has 1 aromatic rings. The molecule has 0 amide bonds. The Bertz CT molecular complexity index is 495. The van der Waals surface area contributed by atoms with E-state index in [1.54, 1.807) is 6.08 Å². The number of isocyanates is 1. The van der Waals surface area contributed by atoms with E-state index in [2.05, 4.69) is 34.2 Å². The lowest BCUT2D eigenvalue weighted by Gasteiger charge is -2.41. The highest BCUT2D eigenvalue weighted by Crippen LogP contribution is 2.48. The minimum absolute atomic E-state index is 0.282. The Labute approximate surface area is 114 Å². The van der Waals surface area contributed by atoms with E-state index >= 15 is 0 Å². The van der Waals surface area contributed by atoms with Crippen LogP contribution in [0.15, 0.2) is 29.3 Å². The minimum Gasteiger partial charge on any atom is -0.371 e. The number of rotatable bonds is 3. The molecule has 0 atom stereocenters. The van der Waals surface area contributed by atoms with Crippen LogP contribution in [0.2, 0.25) is 0 Å². The van der Waals surface area contributed by atoms with Gasteiger partial charge in [-0.1, -0.05) is 18.2 Å². The fourth-order valence-electron chi connectivity index (χ4n) is 3.32. The largest absolute Gasteiger partial charge is 0.371 e. The molecule has 0 bridgehead atoms. The summed E-state index contributed by atoms with van der Waals surface area (Å²) in [5.41, 5.74) is 2.22. The van der Waals surface area contributed by atoms with Crippen molar-refractivity contribution in [3.63, 3.8) is 0 Å². The first-order chi connectivity index (χ1) is 9.36. The van der Waals surface area contributed by atoms with Crippen molar-refractivity contribution in [2.45, 2.75) is 44.1 Å². The molecule has 1 aliphatic heterocycles. The van der Waals surface area contributed by atoms with Gasteiger partial charge in [-0.2, -0.15) is 4.99 Å². The van der Waals surface area contributed by atoms with Gasteiger partial charge in [0.25, 0.3) is 0 Å². The molecule has 0 N–H and O–H groups in total. The van der Waals surface area contributed by atoms with E-state index < -0.39 is 0 Å². The van der Waals surface area contributed by atoms with E-state index in [1.165, 1.54) is 30.5 Å². The topological polar surface area (TPSA) is 32.7 Å². The Morgan fingerprint density at radius 2 is 1.79 bits per heavy atom. The summed E-state index contributed by atoms with van der Waals surface area (Å²) in [5, 5.41) is 0. The molecule has 0 spiro atoms. The number of aliphatic imine (C=N–C) groups is 1. The second-order valence-electron chi connectivity index (χ2n) is 5.65. The van der Waals surface area contributed by atoms with E-state index in [0.717, 1.165) is 32.4 Å². The first kappa shape index (κ1) is 12.4. The number of anilines is 1. The van der Waals surface area contributed by atoms with Crippen LogP contribution in [0.3, 0.4) is 0 Å². The third-order valence-corrected chi connectivity index (χ3v) is 4.54. The maximum atomic E-state index is 10.8. The Morgan fingerprint density at radius 3 is 2.42 bits per heavy atom. The van der Waals surface area contributed by atoms with Crippen molar-refractivity contribution in [1.82, 2.24) is 0 Å². The van der Waals surface area contributed by atoms with Crippen LogP contribution < -0.4 is 4.90 Å². The minimum atomic E-state index is -0.282. The lowest BCUT2D eigenvalue weighted by atomic mass is 9.71. The fraction of sp³-hybridized carbons (Fsp3) is 0.562. The standard InChI is InChI=1S/C16H20N2O/c19-13-17-16(9-6-10-16)14-7-2-3-8-15(14)18-11-4-1-5-12-18/h2-3,7-8H,1,4-6,9-12H2. The zero-order valence-corrected chi connectivity index (χ0v) is 11.3. The van der Waals surface area contributed by atoms with Crippen LogP contribution in [0.5, 0.6) is 0 Å². The average Bonchev–Trinajstić information content (AvgIpc) is 2.44. The summed E-state index contributed by atoms with van der Waals surface area (Å²) in [6.45, 7) is 2.25. The van der Waals surface area contributed by atoms with E-state index in [-0.39, 0.29) is 5.54 Å². The molecule has 3 heteroatoms. The van der Waals surface area contributed by atoms with E-state index in [0.29, 0.717) is 0 Å². The summed E-state index contributed by atoms with van der Waals surface area (Å²) in [6, 6.07) is 8.47. The lowest BCUT2D eigenvalue weighted by Crippen LogP contribution is -2.36. The fourth-order valence-corrected chi connectivity index (χ4v) is 3.32. The van der Waals surface area contributed by atoms with E-state index in [9.17, 15) is 4.79 Å². The maximum absolute atomic E-state index is 10.8. The van der Waals surface area contributed by atoms with Crippen molar-refractivity contribution in [3.05, 3.63) is 29.8 Å². The van der Waals surface area contributed by atoms with Crippen LogP contribution in [0.25, 0.3) is 0 Å². The van der Waals surface area contributed by atoms with Crippen molar-refractivity contribution < 1.29 is 4.79 Å². The zero-order valence-electron chi connectivity index (χ0n) is 11.3. The van der Waals surface area contributed by atoms with Gasteiger partial charge in [-0.05, 0) is 44.6 Å². The molecule has 2 aliphatic rings. The molecular formula is C16H20N2O. The van der Waals surface area contributed by atoms with Crippen molar-refractivity contribution in [3.8, 4) is 0 Å². The maximum Gasteiger partial charge on any atom is 0.235 e. The van der Waals surface area contributed by atoms with Gasteiger partial charge in [0.2, 0.25) is 6.08 Å². The summed E-state index contributed by atoms with van der Waals surface area (Å²) < 4.78 is 0. The highest BCUT2D eigenvalue weighted by Gasteiger charge is 2.41. The molecule has 1 aromatic carbocycles. The SMILES string of the molecule is O=C=NC1(c2ccccc2N2CCCCC2)CCC1. The average molecular weight is 256 g/mol. The monoisotopic (exact) mass is 256 g/mol. The molecular weight excluding hydrogens is 236 g/mol. The molecule has 0 radical (unpaired) electrons. The van der Waals surface area contributed by atoms with Crippen LogP contribution in [0.1, 0.15) is 44.1 Å². The molecule has 0 unspecified atom stereocenters. The zero-order chi connectivity index (χ0) is 13.1. The third-order valence-electron chi connectivity index (χ3n) is 4.54. The number of piperidine rings is 1. The Morgan fingerprint density at radius 1 is 1.05 bits per heavy atom. The highest BCUT2D eigenvalue weighted by molar-refractivity contribution is 5.58. The summed E-state index contributed by atoms with van der Waals surface area (Å²) in [5.74, 6) is 0. The van der Waals surface area contributed by atoms with Crippen LogP contribution in [0, 0.1) is 0 Å². The normalized spacial score (nSPS) is 21.4. The molecule has 3 nitrogen and oxygen atoms in total. The first-order valence-electron chi connectivity index (χ1n) is 7.29. The number of para-hydroxylation sites is 1. The molecule has 0 aromatic heterocycles. The molecule has 1 aliphatic carbocycles. The first-order valence-corrected chi connectivity index (χ1v) is 7.29. The van der Waals surface area contributed by atoms with Gasteiger partial charge < -0.3 is 4.90 Å². The Hall–Kier alpha value is -1.60. The number of hydrogen-bond donors (Lipinski definition) is 0. The van der Waals surface area contributed by atoms with Crippen molar-refractivity contribution >= 4 is 11.8 Å². The summed E-state index contributed by atoms with van der Waals surface area (Å²) in [6.07, 6.45) is 8.76. The predicted octanol–water partition coefficient (Wildman–Crippen LogP) is 3.39. The van der Waals surface area contributed by atoms with Gasteiger partial charge in [0.05, 0.1) is 0 Å². The van der Waals surface area contributed by atoms with Gasteiger partial charge in [-0.25, -0.2) is 4.79 Å². The van der Waals surface area contributed by atoms with Crippen LogP contribution in [-0.4, -0.2) is 19.2 Å². The van der Waals surface area contributed by atoms with Crippen molar-refractivity contribution in [2.24, 2.45) is 4.99 Å². The lowest BCUT2D eigenvalue weighted by molar-refractivity contribution is 0.256. The summed E-state index contributed by atoms with van der Waals surface area (Å²) >= 11 is 0. The molecule has 1 heterocycles. The smallest absolute Gasteiger partial charge is 0.235 e. The van der Waals surface area contributed by atoms with Crippen molar-refractivity contribution in [2.75, 3.05) is 18.0 Å². The Balaban J connectivity index is 1.98. The number of hydrogen-bond acceptors (Lipinski definition) is 3. The highest BCUT2D eigenvalue weighted by atomic mass is 16.1. The van der Waals surface area contributed by atoms with E-state index in [4.69, 9.17) is 0 Å². The van der Waals surface area contributed by atoms with Gasteiger partial charge in [-0.3, -0.25) is 0 Å². The number of benzene rings is 1. The van der Waals surface area contributed by atoms with Crippen LogP contribution in [-0.2, 0) is 10.3 Å². The van der Waals surface area contributed by atoms with Gasteiger partial charge >= 0.3 is 0 Å². The molecule has 1 saturated heterocycles. The second kappa shape index (κ2) is 5.18. The molecule has 19 heavy (non-hydrogen) atoms. The molecule has 2 fully saturated rings. The van der Waals surface area contributed by atoms with Crippen LogP contribution in [0.4, 0.5) is 5.69 Å². The number of carbonyl (C=O) groups excluding carboxylic acids is 1. The summed E-state index contributed by atoms with van der Waals surface area (Å²) in [7, 11) is 0. The quantitative estimate of drug-likeness (QED) is 0.613. The van der Waals surface area contributed by atoms with Crippen LogP contribution >= 0.6 is 0 Å². The molecule has 3 rings (SSSR count). The Kier molecular flexibility index (Phi) is 3.39. The third kappa shape index (κ3) is 2.19. The summed E-state index contributed by atoms with van der Waals surface area (Å²) in [4.78, 5) is 17.4. The van der Waals surface area contributed by atoms with E-state index in [1.807, 2.05) is 0 Å². The van der Waals surface area contributed by atoms with Gasteiger partial charge in [0, 0.05) is 24.3 Å². The predicted molar refractivity (Wildman–Crippen MR) is 76.2 cm³/mol. The molecule has 1 saturated carbocycles. The van der Waals surface area contributed by atoms with Gasteiger partial charge in [-0.15, -0.1) is 0 Å². The molecule has 100 valence electrons. The van der Waals surface area contributed by atoms with Crippen molar-refractivity contribution in [1.29, 1.82) is 0 Å². The van der Waals surface area contributed by atoms with Gasteiger partial charge in [0.1, 0.15) is 5.54 Å². The second-order valence-corrected chi connectivity index (χ2v) is 5.65.